The van der Waals surface area contributed by atoms with Gasteiger partial charge in [0.25, 0.3) is 0 Å². The molecule has 2 aromatic carbocycles. The van der Waals surface area contributed by atoms with E-state index in [0.29, 0.717) is 11.3 Å². The van der Waals surface area contributed by atoms with Gasteiger partial charge in [0.2, 0.25) is 0 Å². The Morgan fingerprint density at radius 2 is 1.87 bits per heavy atom. The Hall–Kier alpha value is -2.75. The van der Waals surface area contributed by atoms with Crippen molar-refractivity contribution in [1.29, 1.82) is 0 Å². The van der Waals surface area contributed by atoms with Crippen LogP contribution < -0.4 is 4.74 Å². The van der Waals surface area contributed by atoms with Gasteiger partial charge in [0.1, 0.15) is 17.1 Å². The minimum atomic E-state index is -0.873. The van der Waals surface area contributed by atoms with Crippen LogP contribution in [0.1, 0.15) is 16.7 Å². The molecular weight excluding hydrogens is 292 g/mol. The van der Waals surface area contributed by atoms with E-state index in [1.807, 2.05) is 50.2 Å². The number of rotatable bonds is 4. The fourth-order valence-corrected chi connectivity index (χ4v) is 2.90. The van der Waals surface area contributed by atoms with E-state index in [2.05, 4.69) is 0 Å². The van der Waals surface area contributed by atoms with Crippen molar-refractivity contribution < 1.29 is 19.1 Å². The summed E-state index contributed by atoms with van der Waals surface area (Å²) >= 11 is 0. The molecule has 0 aliphatic carbocycles. The summed E-state index contributed by atoms with van der Waals surface area (Å²) in [6.45, 7) is 3.97. The van der Waals surface area contributed by atoms with Crippen LogP contribution in [0.3, 0.4) is 0 Å². The molecule has 118 valence electrons. The van der Waals surface area contributed by atoms with E-state index >= 15 is 0 Å². The summed E-state index contributed by atoms with van der Waals surface area (Å²) in [5.74, 6) is 0.483. The minimum absolute atomic E-state index is 0.0722. The number of aryl methyl sites for hydroxylation is 2. The van der Waals surface area contributed by atoms with Crippen molar-refractivity contribution in [3.05, 3.63) is 53.1 Å². The number of benzene rings is 2. The molecule has 1 heterocycles. The highest BCUT2D eigenvalue weighted by molar-refractivity contribution is 5.93. The summed E-state index contributed by atoms with van der Waals surface area (Å²) in [6, 6.07) is 11.5. The van der Waals surface area contributed by atoms with E-state index in [4.69, 9.17) is 9.15 Å². The number of methoxy groups -OCH3 is 1. The molecule has 0 amide bonds. The monoisotopic (exact) mass is 310 g/mol. The Morgan fingerprint density at radius 1 is 1.17 bits per heavy atom. The van der Waals surface area contributed by atoms with Crippen molar-refractivity contribution >= 4 is 16.9 Å². The minimum Gasteiger partial charge on any atom is -0.497 e. The molecule has 1 aromatic heterocycles. The van der Waals surface area contributed by atoms with Crippen molar-refractivity contribution in [2.75, 3.05) is 7.11 Å². The SMILES string of the molecule is COc1ccc(-c2oc3c(C)cc(C)cc3c2CC(=O)O)cc1. The molecule has 0 spiro atoms. The molecule has 0 radical (unpaired) electrons. The highest BCUT2D eigenvalue weighted by Crippen LogP contribution is 2.36. The zero-order valence-corrected chi connectivity index (χ0v) is 13.3. The lowest BCUT2D eigenvalue weighted by molar-refractivity contribution is -0.136. The zero-order chi connectivity index (χ0) is 16.6. The summed E-state index contributed by atoms with van der Waals surface area (Å²) in [4.78, 5) is 11.3. The number of aliphatic carboxylic acids is 1. The van der Waals surface area contributed by atoms with Gasteiger partial charge in [-0.2, -0.15) is 0 Å². The first-order valence-electron chi connectivity index (χ1n) is 7.38. The van der Waals surface area contributed by atoms with Crippen molar-refractivity contribution in [3.63, 3.8) is 0 Å². The molecule has 0 aliphatic rings. The quantitative estimate of drug-likeness (QED) is 0.778. The number of carboxylic acid groups (broad SMARTS) is 1. The van der Waals surface area contributed by atoms with E-state index in [1.54, 1.807) is 7.11 Å². The molecule has 0 saturated heterocycles. The third-order valence-electron chi connectivity index (χ3n) is 3.90. The molecule has 0 atom stereocenters. The van der Waals surface area contributed by atoms with Gasteiger partial charge in [-0.3, -0.25) is 4.79 Å². The second-order valence-electron chi connectivity index (χ2n) is 5.67. The average Bonchev–Trinajstić information content (AvgIpc) is 2.86. The van der Waals surface area contributed by atoms with E-state index in [-0.39, 0.29) is 6.42 Å². The van der Waals surface area contributed by atoms with Crippen LogP contribution in [0.4, 0.5) is 0 Å². The largest absolute Gasteiger partial charge is 0.497 e. The summed E-state index contributed by atoms with van der Waals surface area (Å²) < 4.78 is 11.2. The maximum atomic E-state index is 11.3. The number of fused-ring (bicyclic) bond motifs is 1. The smallest absolute Gasteiger partial charge is 0.307 e. The third kappa shape index (κ3) is 2.80. The summed E-state index contributed by atoms with van der Waals surface area (Å²) in [5, 5.41) is 10.1. The third-order valence-corrected chi connectivity index (χ3v) is 3.90. The fourth-order valence-electron chi connectivity index (χ4n) is 2.90. The van der Waals surface area contributed by atoms with Crippen LogP contribution in [0.15, 0.2) is 40.8 Å². The summed E-state index contributed by atoms with van der Waals surface area (Å²) in [5.41, 5.74) is 4.40. The van der Waals surface area contributed by atoms with Gasteiger partial charge in [0.15, 0.2) is 0 Å². The van der Waals surface area contributed by atoms with Gasteiger partial charge in [0.05, 0.1) is 13.5 Å². The number of carboxylic acids is 1. The molecule has 4 heteroatoms. The van der Waals surface area contributed by atoms with Crippen molar-refractivity contribution in [2.45, 2.75) is 20.3 Å². The Balaban J connectivity index is 2.25. The van der Waals surface area contributed by atoms with Gasteiger partial charge in [0, 0.05) is 16.5 Å². The van der Waals surface area contributed by atoms with Gasteiger partial charge in [-0.25, -0.2) is 0 Å². The molecular formula is C19H18O4. The maximum Gasteiger partial charge on any atom is 0.307 e. The number of ether oxygens (including phenoxy) is 1. The van der Waals surface area contributed by atoms with Gasteiger partial charge in [-0.15, -0.1) is 0 Å². The van der Waals surface area contributed by atoms with Crippen LogP contribution >= 0.6 is 0 Å². The lowest BCUT2D eigenvalue weighted by Crippen LogP contribution is -2.00. The maximum absolute atomic E-state index is 11.3. The Kier molecular flexibility index (Phi) is 3.82. The lowest BCUT2D eigenvalue weighted by atomic mass is 10.0. The normalized spacial score (nSPS) is 10.9. The van der Waals surface area contributed by atoms with E-state index in [9.17, 15) is 9.90 Å². The molecule has 3 rings (SSSR count). The zero-order valence-electron chi connectivity index (χ0n) is 13.3. The molecule has 3 aromatic rings. The van der Waals surface area contributed by atoms with E-state index in [0.717, 1.165) is 33.4 Å². The average molecular weight is 310 g/mol. The molecule has 4 nitrogen and oxygen atoms in total. The van der Waals surface area contributed by atoms with Crippen LogP contribution in [-0.2, 0) is 11.2 Å². The van der Waals surface area contributed by atoms with Crippen molar-refractivity contribution in [1.82, 2.24) is 0 Å². The Bertz CT molecular complexity index is 873. The van der Waals surface area contributed by atoms with Crippen LogP contribution in [0, 0.1) is 13.8 Å². The van der Waals surface area contributed by atoms with Crippen molar-refractivity contribution in [3.8, 4) is 17.1 Å². The Labute approximate surface area is 134 Å². The molecule has 0 saturated carbocycles. The first kappa shape index (κ1) is 15.2. The first-order chi connectivity index (χ1) is 11.0. The molecule has 1 N–H and O–H groups in total. The topological polar surface area (TPSA) is 59.7 Å². The molecule has 0 fully saturated rings. The number of hydrogen-bond acceptors (Lipinski definition) is 3. The van der Waals surface area contributed by atoms with E-state index in [1.165, 1.54) is 0 Å². The molecule has 23 heavy (non-hydrogen) atoms. The van der Waals surface area contributed by atoms with Crippen molar-refractivity contribution in [2.24, 2.45) is 0 Å². The summed E-state index contributed by atoms with van der Waals surface area (Å²) in [7, 11) is 1.61. The first-order valence-corrected chi connectivity index (χ1v) is 7.38. The Morgan fingerprint density at radius 3 is 2.48 bits per heavy atom. The van der Waals surface area contributed by atoms with Crippen LogP contribution in [-0.4, -0.2) is 18.2 Å². The fraction of sp³-hybridized carbons (Fsp3) is 0.211. The number of furan rings is 1. The van der Waals surface area contributed by atoms with Gasteiger partial charge in [-0.1, -0.05) is 6.07 Å². The molecule has 0 unspecified atom stereocenters. The second-order valence-corrected chi connectivity index (χ2v) is 5.67. The van der Waals surface area contributed by atoms with Gasteiger partial charge >= 0.3 is 5.97 Å². The standard InChI is InChI=1S/C19H18O4/c1-11-8-12(2)18-15(9-11)16(10-17(20)21)19(23-18)13-4-6-14(22-3)7-5-13/h4-9H,10H2,1-3H3,(H,20,21). The molecule has 0 aliphatic heterocycles. The number of carbonyl (C=O) groups is 1. The van der Waals surface area contributed by atoms with Gasteiger partial charge < -0.3 is 14.3 Å². The van der Waals surface area contributed by atoms with Crippen LogP contribution in [0.5, 0.6) is 5.75 Å². The number of hydrogen-bond donors (Lipinski definition) is 1. The van der Waals surface area contributed by atoms with Crippen LogP contribution in [0.25, 0.3) is 22.3 Å². The van der Waals surface area contributed by atoms with Crippen LogP contribution in [0.2, 0.25) is 0 Å². The highest BCUT2D eigenvalue weighted by Gasteiger charge is 2.19. The highest BCUT2D eigenvalue weighted by atomic mass is 16.5. The predicted octanol–water partition coefficient (Wildman–Crippen LogP) is 4.35. The predicted molar refractivity (Wildman–Crippen MR) is 89.0 cm³/mol. The molecule has 0 bridgehead atoms. The second kappa shape index (κ2) is 5.80. The summed E-state index contributed by atoms with van der Waals surface area (Å²) in [6.07, 6.45) is -0.0722. The van der Waals surface area contributed by atoms with Gasteiger partial charge in [-0.05, 0) is 55.3 Å². The lowest BCUT2D eigenvalue weighted by Gasteiger charge is -2.03. The van der Waals surface area contributed by atoms with E-state index < -0.39 is 5.97 Å².